The second-order valence-corrected chi connectivity index (χ2v) is 11.3. The number of halogens is 7. The number of ether oxygens (including phenoxy) is 1. The van der Waals surface area contributed by atoms with E-state index in [2.05, 4.69) is 41.9 Å². The van der Waals surface area contributed by atoms with Gasteiger partial charge in [-0.2, -0.15) is 22.9 Å². The molecule has 4 aromatic carbocycles. The Hall–Kier alpha value is -3.18. The Labute approximate surface area is 258 Å². The summed E-state index contributed by atoms with van der Waals surface area (Å²) in [5, 5.41) is 5.48. The van der Waals surface area contributed by atoms with Gasteiger partial charge in [0.15, 0.2) is 5.82 Å². The maximum Gasteiger partial charge on any atom is 0.416 e. The minimum Gasteiger partial charge on any atom is -0.487 e. The summed E-state index contributed by atoms with van der Waals surface area (Å²) in [7, 11) is 0. The van der Waals surface area contributed by atoms with E-state index in [1.165, 1.54) is 18.3 Å². The summed E-state index contributed by atoms with van der Waals surface area (Å²) in [5.41, 5.74) is 0.421. The molecule has 1 aromatic heterocycles. The zero-order valence-corrected chi connectivity index (χ0v) is 25.3. The van der Waals surface area contributed by atoms with E-state index in [0.717, 1.165) is 22.4 Å². The summed E-state index contributed by atoms with van der Waals surface area (Å²) in [5.74, 6) is 0.484. The smallest absolute Gasteiger partial charge is 0.416 e. The van der Waals surface area contributed by atoms with Gasteiger partial charge in [0, 0.05) is 5.56 Å². The van der Waals surface area contributed by atoms with Crippen LogP contribution in [0.25, 0.3) is 22.3 Å². The molecular weight excluding hydrogens is 710 g/mol. The fraction of sp³-hybridized carbons (Fsp3) is 0.0690. The molecule has 0 N–H and O–H groups in total. The predicted molar refractivity (Wildman–Crippen MR) is 162 cm³/mol. The maximum atomic E-state index is 13.4. The van der Waals surface area contributed by atoms with E-state index in [1.807, 2.05) is 0 Å². The van der Waals surface area contributed by atoms with E-state index in [1.54, 1.807) is 54.6 Å². The number of para-hydroxylation sites is 1. The average Bonchev–Trinajstić information content (AvgIpc) is 2.93. The molecule has 0 amide bonds. The lowest BCUT2D eigenvalue weighted by Gasteiger charge is -2.13. The van der Waals surface area contributed by atoms with Crippen molar-refractivity contribution in [2.24, 2.45) is 5.10 Å². The minimum absolute atomic E-state index is 0.0317. The molecule has 0 bridgehead atoms. The topological polar surface area (TPSA) is 56.5 Å². The summed E-state index contributed by atoms with van der Waals surface area (Å²) in [6.07, 6.45) is -3.16. The van der Waals surface area contributed by atoms with Gasteiger partial charge in [-0.05, 0) is 91.5 Å². The number of aromatic nitrogens is 2. The molecule has 0 aliphatic heterocycles. The molecule has 5 nitrogen and oxygen atoms in total. The first kappa shape index (κ1) is 29.3. The van der Waals surface area contributed by atoms with Gasteiger partial charge in [0.05, 0.1) is 41.7 Å². The van der Waals surface area contributed by atoms with Gasteiger partial charge in [-0.15, -0.1) is 0 Å². The SMILES string of the molecule is O=c1c2ccccc2nc(-c2cccc(C(F)(F)F)c2)n1N=Cc1cc(Br)c(OCc2ccc(Cl)c(Cl)c2)c(Br)c1. The van der Waals surface area contributed by atoms with Crippen molar-refractivity contribution in [3.63, 3.8) is 0 Å². The molecule has 5 rings (SSSR count). The molecule has 0 aliphatic carbocycles. The average molecular weight is 726 g/mol. The minimum atomic E-state index is -4.57. The van der Waals surface area contributed by atoms with Crippen molar-refractivity contribution in [3.8, 4) is 17.1 Å². The zero-order valence-electron chi connectivity index (χ0n) is 20.6. The second-order valence-electron chi connectivity index (χ2n) is 8.74. The maximum absolute atomic E-state index is 13.4. The molecule has 0 aliphatic rings. The van der Waals surface area contributed by atoms with Gasteiger partial charge in [-0.25, -0.2) is 4.98 Å². The number of hydrogen-bond acceptors (Lipinski definition) is 4. The number of alkyl halides is 3. The van der Waals surface area contributed by atoms with Gasteiger partial charge in [-0.3, -0.25) is 4.79 Å². The molecule has 41 heavy (non-hydrogen) atoms. The predicted octanol–water partition coefficient (Wildman–Crippen LogP) is 9.38. The molecule has 12 heteroatoms. The van der Waals surface area contributed by atoms with Crippen molar-refractivity contribution in [3.05, 3.63) is 125 Å². The second kappa shape index (κ2) is 12.0. The largest absolute Gasteiger partial charge is 0.487 e. The quantitative estimate of drug-likeness (QED) is 0.164. The molecule has 0 radical (unpaired) electrons. The highest BCUT2D eigenvalue weighted by atomic mass is 79.9. The van der Waals surface area contributed by atoms with Crippen LogP contribution in [0.3, 0.4) is 0 Å². The van der Waals surface area contributed by atoms with Crippen LogP contribution in [0.4, 0.5) is 13.2 Å². The molecule has 1 heterocycles. The van der Waals surface area contributed by atoms with Crippen LogP contribution in [-0.2, 0) is 12.8 Å². The highest BCUT2D eigenvalue weighted by molar-refractivity contribution is 9.11. The Kier molecular flexibility index (Phi) is 8.56. The number of fused-ring (bicyclic) bond motifs is 1. The Morgan fingerprint density at radius 3 is 2.37 bits per heavy atom. The first-order chi connectivity index (χ1) is 19.5. The third kappa shape index (κ3) is 6.51. The zero-order chi connectivity index (χ0) is 29.3. The Balaban J connectivity index is 1.51. The van der Waals surface area contributed by atoms with Crippen molar-refractivity contribution in [2.45, 2.75) is 12.8 Å². The van der Waals surface area contributed by atoms with E-state index in [9.17, 15) is 18.0 Å². The van der Waals surface area contributed by atoms with Crippen LogP contribution in [0.15, 0.2) is 97.7 Å². The molecule has 0 saturated heterocycles. The van der Waals surface area contributed by atoms with Crippen molar-refractivity contribution in [2.75, 3.05) is 0 Å². The van der Waals surface area contributed by atoms with Gasteiger partial charge in [0.2, 0.25) is 0 Å². The van der Waals surface area contributed by atoms with Crippen LogP contribution < -0.4 is 10.3 Å². The van der Waals surface area contributed by atoms with Crippen molar-refractivity contribution in [1.29, 1.82) is 0 Å². The molecule has 0 fully saturated rings. The van der Waals surface area contributed by atoms with Crippen LogP contribution in [-0.4, -0.2) is 15.9 Å². The Bertz CT molecular complexity index is 1850. The summed E-state index contributed by atoms with van der Waals surface area (Å²) in [4.78, 5) is 17.9. The van der Waals surface area contributed by atoms with Gasteiger partial charge in [0.25, 0.3) is 5.56 Å². The Morgan fingerprint density at radius 1 is 0.927 bits per heavy atom. The molecular formula is C29H16Br2Cl2F3N3O2. The van der Waals surface area contributed by atoms with Gasteiger partial charge in [-0.1, -0.05) is 53.5 Å². The van der Waals surface area contributed by atoms with E-state index >= 15 is 0 Å². The molecule has 0 unspecified atom stereocenters. The lowest BCUT2D eigenvalue weighted by atomic mass is 10.1. The normalized spacial score (nSPS) is 11.9. The third-order valence-electron chi connectivity index (χ3n) is 5.91. The molecule has 0 atom stereocenters. The highest BCUT2D eigenvalue weighted by Crippen LogP contribution is 2.36. The summed E-state index contributed by atoms with van der Waals surface area (Å²) < 4.78 is 48.4. The highest BCUT2D eigenvalue weighted by Gasteiger charge is 2.31. The number of benzene rings is 4. The van der Waals surface area contributed by atoms with Gasteiger partial charge in [0.1, 0.15) is 12.4 Å². The van der Waals surface area contributed by atoms with Crippen LogP contribution >= 0.6 is 55.1 Å². The first-order valence-electron chi connectivity index (χ1n) is 11.8. The molecule has 5 aromatic rings. The van der Waals surface area contributed by atoms with E-state index < -0.39 is 17.3 Å². The van der Waals surface area contributed by atoms with E-state index in [-0.39, 0.29) is 23.4 Å². The van der Waals surface area contributed by atoms with Gasteiger partial charge >= 0.3 is 6.18 Å². The van der Waals surface area contributed by atoms with Crippen LogP contribution in [0.5, 0.6) is 5.75 Å². The number of rotatable bonds is 6. The lowest BCUT2D eigenvalue weighted by molar-refractivity contribution is -0.137. The summed E-state index contributed by atoms with van der Waals surface area (Å²) in [6, 6.07) is 19.8. The standard InChI is InChI=1S/C29H16Br2Cl2F3N3O2/c30-21-10-17(11-22(31)26(21)41-15-16-8-9-23(32)24(33)12-16)14-37-39-27(18-4-3-5-19(13-18)29(34,35)36)38-25-7-2-1-6-20(25)28(39)40/h1-14H,15H2. The molecule has 0 spiro atoms. The third-order valence-corrected chi connectivity index (χ3v) is 7.83. The molecule has 208 valence electrons. The van der Waals surface area contributed by atoms with Crippen molar-refractivity contribution in [1.82, 2.24) is 9.66 Å². The summed E-state index contributed by atoms with van der Waals surface area (Å²) in [6.45, 7) is 0.222. The fourth-order valence-electron chi connectivity index (χ4n) is 3.95. The molecule has 0 saturated carbocycles. The lowest BCUT2D eigenvalue weighted by Crippen LogP contribution is -2.20. The first-order valence-corrected chi connectivity index (χ1v) is 14.1. The van der Waals surface area contributed by atoms with Crippen LogP contribution in [0.2, 0.25) is 10.0 Å². The fourth-order valence-corrected chi connectivity index (χ4v) is 5.73. The number of hydrogen-bond donors (Lipinski definition) is 0. The van der Waals surface area contributed by atoms with Gasteiger partial charge < -0.3 is 4.74 Å². The monoisotopic (exact) mass is 723 g/mol. The van der Waals surface area contributed by atoms with E-state index in [0.29, 0.717) is 35.8 Å². The van der Waals surface area contributed by atoms with Crippen molar-refractivity contribution >= 4 is 72.2 Å². The Morgan fingerprint density at radius 2 is 1.66 bits per heavy atom. The van der Waals surface area contributed by atoms with Crippen LogP contribution in [0, 0.1) is 0 Å². The van der Waals surface area contributed by atoms with Crippen LogP contribution in [0.1, 0.15) is 16.7 Å². The number of nitrogens with zero attached hydrogens (tertiary/aromatic N) is 3. The van der Waals surface area contributed by atoms with Crippen molar-refractivity contribution < 1.29 is 17.9 Å². The van der Waals surface area contributed by atoms with E-state index in [4.69, 9.17) is 27.9 Å². The summed E-state index contributed by atoms with van der Waals surface area (Å²) >= 11 is 19.1.